The van der Waals surface area contributed by atoms with E-state index in [2.05, 4.69) is 60.4 Å². The molecule has 2 saturated heterocycles. The van der Waals surface area contributed by atoms with Gasteiger partial charge in [0.1, 0.15) is 11.6 Å². The Bertz CT molecular complexity index is 894. The van der Waals surface area contributed by atoms with Crippen molar-refractivity contribution in [1.29, 1.82) is 0 Å². The molecule has 3 rings (SSSR count). The molecule has 0 saturated carbocycles. The zero-order chi connectivity index (χ0) is 26.2. The van der Waals surface area contributed by atoms with Gasteiger partial charge in [0.15, 0.2) is 0 Å². The summed E-state index contributed by atoms with van der Waals surface area (Å²) in [5.41, 5.74) is 0.353. The first-order valence-electron chi connectivity index (χ1n) is 13.1. The Morgan fingerprint density at radius 2 is 1.57 bits per heavy atom. The van der Waals surface area contributed by atoms with Crippen LogP contribution in [0, 0.1) is 0 Å². The molecule has 35 heavy (non-hydrogen) atoms. The third-order valence-corrected chi connectivity index (χ3v) is 7.79. The molecule has 2 fully saturated rings. The number of hydrogen-bond donors (Lipinski definition) is 0. The fourth-order valence-electron chi connectivity index (χ4n) is 5.37. The largest absolute Gasteiger partial charge is 0.336 e. The number of carbonyl (C=O) groups excluding carboxylic acids is 2. The molecule has 1 aromatic rings. The number of carbonyl (C=O) groups is 2. The highest BCUT2D eigenvalue weighted by atomic mass is 16.7. The van der Waals surface area contributed by atoms with Crippen LogP contribution in [0.4, 0.5) is 0 Å². The lowest BCUT2D eigenvalue weighted by Crippen LogP contribution is -2.75. The predicted molar refractivity (Wildman–Crippen MR) is 140 cm³/mol. The summed E-state index contributed by atoms with van der Waals surface area (Å²) in [4.78, 5) is 39.6. The van der Waals surface area contributed by atoms with Gasteiger partial charge in [-0.05, 0) is 79.1 Å². The van der Waals surface area contributed by atoms with E-state index in [0.717, 1.165) is 31.7 Å². The lowest BCUT2D eigenvalue weighted by atomic mass is 9.80. The van der Waals surface area contributed by atoms with Gasteiger partial charge in [0.25, 0.3) is 5.91 Å². The minimum Gasteiger partial charge on any atom is -0.336 e. The summed E-state index contributed by atoms with van der Waals surface area (Å²) in [6.07, 6.45) is 1.08. The van der Waals surface area contributed by atoms with Crippen molar-refractivity contribution in [2.45, 2.75) is 91.0 Å². The number of rotatable bonds is 6. The standard InChI is InChI=1S/C28H46N4O3/c1-10-28(11-2)25(34)31(26(4,5)6)20-27(7,8)32(28)35-21(3)22-12-14-23(15-13-22)24(33)30-18-16-29(9)17-19-30/h12-15,21H,10-11,16-20H2,1-9H3. The van der Waals surface area contributed by atoms with E-state index >= 15 is 0 Å². The van der Waals surface area contributed by atoms with Gasteiger partial charge in [0.05, 0.1) is 5.54 Å². The molecule has 0 spiro atoms. The maximum absolute atomic E-state index is 13.8. The maximum atomic E-state index is 13.8. The van der Waals surface area contributed by atoms with Gasteiger partial charge in [-0.2, -0.15) is 5.06 Å². The summed E-state index contributed by atoms with van der Waals surface area (Å²) in [5, 5.41) is 1.98. The van der Waals surface area contributed by atoms with Gasteiger partial charge in [-0.15, -0.1) is 0 Å². The molecule has 1 atom stereocenters. The van der Waals surface area contributed by atoms with Crippen molar-refractivity contribution >= 4 is 11.8 Å². The first-order chi connectivity index (χ1) is 16.3. The second-order valence-electron chi connectivity index (χ2n) is 11.9. The van der Waals surface area contributed by atoms with E-state index in [4.69, 9.17) is 4.84 Å². The van der Waals surface area contributed by atoms with Crippen molar-refractivity contribution in [3.05, 3.63) is 35.4 Å². The van der Waals surface area contributed by atoms with Gasteiger partial charge in [0.2, 0.25) is 5.91 Å². The third kappa shape index (κ3) is 5.42. The highest BCUT2D eigenvalue weighted by Gasteiger charge is 2.57. The molecule has 196 valence electrons. The van der Waals surface area contributed by atoms with Gasteiger partial charge in [-0.3, -0.25) is 14.4 Å². The van der Waals surface area contributed by atoms with E-state index < -0.39 is 5.54 Å². The fourth-order valence-corrected chi connectivity index (χ4v) is 5.37. The molecule has 2 aliphatic heterocycles. The average molecular weight is 487 g/mol. The van der Waals surface area contributed by atoms with E-state index in [1.165, 1.54) is 0 Å². The first-order valence-corrected chi connectivity index (χ1v) is 13.1. The number of amides is 2. The van der Waals surface area contributed by atoms with Gasteiger partial charge < -0.3 is 14.7 Å². The molecule has 0 aliphatic carbocycles. The maximum Gasteiger partial charge on any atom is 0.253 e. The summed E-state index contributed by atoms with van der Waals surface area (Å²) in [6.45, 7) is 20.7. The number of benzene rings is 1. The van der Waals surface area contributed by atoms with Crippen LogP contribution in [-0.2, 0) is 9.63 Å². The molecule has 0 N–H and O–H groups in total. The van der Waals surface area contributed by atoms with Crippen LogP contribution in [0.25, 0.3) is 0 Å². The third-order valence-electron chi connectivity index (χ3n) is 7.79. The molecule has 2 amide bonds. The molecule has 7 nitrogen and oxygen atoms in total. The van der Waals surface area contributed by atoms with E-state index in [1.54, 1.807) is 0 Å². The van der Waals surface area contributed by atoms with Crippen LogP contribution in [0.1, 0.15) is 90.3 Å². The highest BCUT2D eigenvalue weighted by molar-refractivity contribution is 5.94. The van der Waals surface area contributed by atoms with Gasteiger partial charge in [-0.25, -0.2) is 0 Å². The first kappa shape index (κ1) is 27.6. The van der Waals surface area contributed by atoms with Crippen LogP contribution in [0.2, 0.25) is 0 Å². The lowest BCUT2D eigenvalue weighted by molar-refractivity contribution is -0.311. The quantitative estimate of drug-likeness (QED) is 0.599. The van der Waals surface area contributed by atoms with E-state index in [9.17, 15) is 9.59 Å². The van der Waals surface area contributed by atoms with Gasteiger partial charge in [-0.1, -0.05) is 26.0 Å². The summed E-state index contributed by atoms with van der Waals surface area (Å²) < 4.78 is 0. The van der Waals surface area contributed by atoms with Gasteiger partial charge >= 0.3 is 0 Å². The van der Waals surface area contributed by atoms with Crippen molar-refractivity contribution in [3.8, 4) is 0 Å². The number of piperazine rings is 2. The zero-order valence-corrected chi connectivity index (χ0v) is 23.4. The monoisotopic (exact) mass is 486 g/mol. The van der Waals surface area contributed by atoms with E-state index in [0.29, 0.717) is 24.9 Å². The van der Waals surface area contributed by atoms with Gasteiger partial charge in [0, 0.05) is 43.8 Å². The SMILES string of the molecule is CCC1(CC)C(=O)N(C(C)(C)C)CC(C)(C)N1OC(C)c1ccc(C(=O)N2CCN(C)CC2)cc1. The lowest BCUT2D eigenvalue weighted by Gasteiger charge is -2.59. The van der Waals surface area contributed by atoms with Crippen molar-refractivity contribution in [2.75, 3.05) is 39.8 Å². The summed E-state index contributed by atoms with van der Waals surface area (Å²) in [5.74, 6) is 0.217. The summed E-state index contributed by atoms with van der Waals surface area (Å²) in [7, 11) is 2.08. The number of hydrogen-bond acceptors (Lipinski definition) is 5. The van der Waals surface area contributed by atoms with Crippen LogP contribution in [-0.4, -0.2) is 88.0 Å². The fraction of sp³-hybridized carbons (Fsp3) is 0.714. The Labute approximate surface area is 212 Å². The van der Waals surface area contributed by atoms with Crippen molar-refractivity contribution in [2.24, 2.45) is 0 Å². The molecule has 7 heteroatoms. The Kier molecular flexibility index (Phi) is 8.04. The molecular formula is C28H46N4O3. The van der Waals surface area contributed by atoms with Crippen LogP contribution >= 0.6 is 0 Å². The molecular weight excluding hydrogens is 440 g/mol. The second kappa shape index (κ2) is 10.2. The Morgan fingerprint density at radius 3 is 2.06 bits per heavy atom. The topological polar surface area (TPSA) is 56.3 Å². The molecule has 0 radical (unpaired) electrons. The van der Waals surface area contributed by atoms with Crippen LogP contribution < -0.4 is 0 Å². The van der Waals surface area contributed by atoms with E-state index in [1.807, 2.05) is 46.1 Å². The van der Waals surface area contributed by atoms with Crippen LogP contribution in [0.5, 0.6) is 0 Å². The Morgan fingerprint density at radius 1 is 1.03 bits per heavy atom. The highest BCUT2D eigenvalue weighted by Crippen LogP contribution is 2.42. The summed E-state index contributed by atoms with van der Waals surface area (Å²) in [6, 6.07) is 7.76. The summed E-state index contributed by atoms with van der Waals surface area (Å²) >= 11 is 0. The second-order valence-corrected chi connectivity index (χ2v) is 11.9. The number of nitrogens with zero attached hydrogens (tertiary/aromatic N) is 4. The van der Waals surface area contributed by atoms with Crippen molar-refractivity contribution in [3.63, 3.8) is 0 Å². The Balaban J connectivity index is 1.80. The number of hydroxylamine groups is 2. The Hall–Kier alpha value is -1.96. The molecule has 0 bridgehead atoms. The molecule has 2 heterocycles. The zero-order valence-electron chi connectivity index (χ0n) is 23.4. The predicted octanol–water partition coefficient (Wildman–Crippen LogP) is 4.35. The molecule has 0 aromatic heterocycles. The molecule has 1 unspecified atom stereocenters. The van der Waals surface area contributed by atoms with Crippen LogP contribution in [0.15, 0.2) is 24.3 Å². The average Bonchev–Trinajstić information content (AvgIpc) is 2.81. The van der Waals surface area contributed by atoms with Crippen LogP contribution in [0.3, 0.4) is 0 Å². The normalized spacial score (nSPS) is 22.4. The van der Waals surface area contributed by atoms with E-state index in [-0.39, 0.29) is 29.0 Å². The smallest absolute Gasteiger partial charge is 0.253 e. The minimum atomic E-state index is -0.722. The number of likely N-dealkylation sites (N-methyl/N-ethyl adjacent to an activating group) is 1. The molecule has 1 aromatic carbocycles. The van der Waals surface area contributed by atoms with Crippen molar-refractivity contribution < 1.29 is 14.4 Å². The van der Waals surface area contributed by atoms with Crippen molar-refractivity contribution in [1.82, 2.24) is 19.8 Å². The minimum absolute atomic E-state index is 0.0826. The molecule has 2 aliphatic rings.